The minimum absolute atomic E-state index is 0. The molecule has 1 atom stereocenters. The number of aliphatic carboxylic acids is 1. The van der Waals surface area contributed by atoms with Crippen LogP contribution in [-0.4, -0.2) is 54.6 Å². The molecule has 0 amide bonds. The van der Waals surface area contributed by atoms with Crippen LogP contribution in [0.1, 0.15) is 105 Å². The average Bonchev–Trinajstić information content (AvgIpc) is 2.59. The number of Topliss-reactive ketones (excluding diaryl/α,β-unsaturated/α-hetero) is 1. The molecule has 0 unspecified atom stereocenters. The fourth-order valence-electron chi connectivity index (χ4n) is 3.73. The molecule has 0 spiro atoms. The van der Waals surface area contributed by atoms with Crippen LogP contribution in [0.15, 0.2) is 0 Å². The van der Waals surface area contributed by atoms with E-state index in [0.29, 0.717) is 17.8 Å². The van der Waals surface area contributed by atoms with Gasteiger partial charge in [0.05, 0.1) is 21.1 Å². The summed E-state index contributed by atoms with van der Waals surface area (Å²) in [5.41, 5.74) is -1.84. The molecule has 1 N–H and O–H groups in total. The third-order valence-electron chi connectivity index (χ3n) is 5.10. The minimum Gasteiger partial charge on any atom is -0.550 e. The Morgan fingerprint density at radius 2 is 1.28 bits per heavy atom. The van der Waals surface area contributed by atoms with E-state index in [0.717, 1.165) is 19.3 Å². The summed E-state index contributed by atoms with van der Waals surface area (Å²) in [4.78, 5) is 23.4. The molecule has 0 aromatic carbocycles. The van der Waals surface area contributed by atoms with E-state index >= 15 is 0 Å². The second-order valence-electron chi connectivity index (χ2n) is 9.30. The van der Waals surface area contributed by atoms with Crippen molar-refractivity contribution in [2.75, 3.05) is 27.7 Å². The Bertz CT molecular complexity index is 457. The molecule has 5 nitrogen and oxygen atoms in total. The van der Waals surface area contributed by atoms with Gasteiger partial charge in [-0.05, 0) is 6.42 Å². The Morgan fingerprint density at radius 3 is 1.66 bits per heavy atom. The molecule has 29 heavy (non-hydrogen) atoms. The van der Waals surface area contributed by atoms with Gasteiger partial charge in [-0.3, -0.25) is 4.79 Å². The molecule has 0 aliphatic carbocycles. The van der Waals surface area contributed by atoms with Gasteiger partial charge in [-0.15, -0.1) is 12.4 Å². The molecule has 0 saturated heterocycles. The number of halogens is 1. The number of aliphatic hydroxyl groups is 1. The van der Waals surface area contributed by atoms with Crippen molar-refractivity contribution in [1.82, 2.24) is 0 Å². The zero-order valence-electron chi connectivity index (χ0n) is 20.0. The van der Waals surface area contributed by atoms with E-state index in [1.54, 1.807) is 0 Å². The summed E-state index contributed by atoms with van der Waals surface area (Å²) in [5.74, 6) is -1.76. The zero-order chi connectivity index (χ0) is 22.2. The number of carboxylic acids is 1. The third-order valence-corrected chi connectivity index (χ3v) is 5.10. The maximum Gasteiger partial charge on any atom is 0.177 e. The molecular formula is C23H46ClNO4. The lowest BCUT2D eigenvalue weighted by Crippen LogP contribution is -2.56. The Balaban J connectivity index is 0. The molecule has 0 rings (SSSR count). The lowest BCUT2D eigenvalue weighted by Gasteiger charge is -2.34. The summed E-state index contributed by atoms with van der Waals surface area (Å²) in [7, 11) is 5.48. The average molecular weight is 437 g/mol. The van der Waals surface area contributed by atoms with E-state index < -0.39 is 18.0 Å². The fraction of sp³-hybridized carbons (Fsp3) is 0.913. The number of ketones is 1. The van der Waals surface area contributed by atoms with Crippen LogP contribution in [0.4, 0.5) is 0 Å². The van der Waals surface area contributed by atoms with E-state index in [9.17, 15) is 19.8 Å². The molecule has 0 fully saturated rings. The van der Waals surface area contributed by atoms with Crippen LogP contribution in [0.2, 0.25) is 0 Å². The standard InChI is InChI=1S/C23H45NO4.ClH/c1-5-6-7-8-9-10-11-12-13-14-15-16-17-18-21(25)23(28,19-22(26)27)20-24(2,3)4;/h28H,5-20H2,1-4H3;1H/t23-;/m1./s1/i1D;. The fourth-order valence-corrected chi connectivity index (χ4v) is 3.73. The lowest BCUT2D eigenvalue weighted by atomic mass is 9.89. The molecule has 0 heterocycles. The first-order valence-corrected chi connectivity index (χ1v) is 11.2. The van der Waals surface area contributed by atoms with E-state index in [1.165, 1.54) is 57.8 Å². The quantitative estimate of drug-likeness (QED) is 0.245. The molecule has 0 saturated carbocycles. The second-order valence-corrected chi connectivity index (χ2v) is 9.30. The molecule has 174 valence electrons. The van der Waals surface area contributed by atoms with Gasteiger partial charge < -0.3 is 19.5 Å². The number of hydrogen-bond donors (Lipinski definition) is 1. The highest BCUT2D eigenvalue weighted by Gasteiger charge is 2.40. The van der Waals surface area contributed by atoms with Crippen LogP contribution >= 0.6 is 12.4 Å². The number of likely N-dealkylation sites (N-methyl/N-ethyl adjacent to an activating group) is 1. The van der Waals surface area contributed by atoms with E-state index in [1.807, 2.05) is 21.1 Å². The number of carboxylic acid groups (broad SMARTS) is 1. The van der Waals surface area contributed by atoms with Gasteiger partial charge >= 0.3 is 0 Å². The first-order chi connectivity index (χ1) is 13.6. The van der Waals surface area contributed by atoms with Crippen LogP contribution < -0.4 is 5.11 Å². The second kappa shape index (κ2) is 17.1. The van der Waals surface area contributed by atoms with Gasteiger partial charge in [-0.1, -0.05) is 83.9 Å². The summed E-state index contributed by atoms with van der Waals surface area (Å²) in [6, 6.07) is 0. The van der Waals surface area contributed by atoms with Gasteiger partial charge in [0.15, 0.2) is 11.4 Å². The highest BCUT2D eigenvalue weighted by molar-refractivity contribution is 5.90. The third kappa shape index (κ3) is 17.9. The Morgan fingerprint density at radius 1 is 0.862 bits per heavy atom. The van der Waals surface area contributed by atoms with Crippen molar-refractivity contribution in [2.24, 2.45) is 0 Å². The van der Waals surface area contributed by atoms with E-state index in [2.05, 4.69) is 0 Å². The highest BCUT2D eigenvalue weighted by atomic mass is 35.5. The summed E-state index contributed by atoms with van der Waals surface area (Å²) >= 11 is 0. The molecule has 0 aliphatic rings. The first-order valence-electron chi connectivity index (χ1n) is 11.9. The maximum absolute atomic E-state index is 12.4. The number of nitrogens with zero attached hydrogens (tertiary/aromatic N) is 1. The first kappa shape index (κ1) is 28.4. The number of carbonyl (C=O) groups excluding carboxylic acids is 2. The molecule has 0 aromatic rings. The van der Waals surface area contributed by atoms with Crippen LogP contribution in [0, 0.1) is 0 Å². The van der Waals surface area contributed by atoms with Crippen molar-refractivity contribution in [3.05, 3.63) is 0 Å². The summed E-state index contributed by atoms with van der Waals surface area (Å²) < 4.78 is 7.43. The summed E-state index contributed by atoms with van der Waals surface area (Å²) in [6.45, 7) is 0.634. The Kier molecular flexibility index (Phi) is 16.7. The van der Waals surface area contributed by atoms with Gasteiger partial charge in [-0.2, -0.15) is 0 Å². The smallest absolute Gasteiger partial charge is 0.177 e. The molecular weight excluding hydrogens is 390 g/mol. The van der Waals surface area contributed by atoms with Crippen LogP contribution in [0.5, 0.6) is 0 Å². The van der Waals surface area contributed by atoms with Gasteiger partial charge in [0, 0.05) is 20.2 Å². The minimum atomic E-state index is -1.84. The van der Waals surface area contributed by atoms with Gasteiger partial charge in [0.25, 0.3) is 0 Å². The molecule has 0 bridgehead atoms. The van der Waals surface area contributed by atoms with E-state index in [-0.39, 0.29) is 31.2 Å². The van der Waals surface area contributed by atoms with Crippen molar-refractivity contribution < 1.29 is 25.7 Å². The number of carbonyl (C=O) groups is 2. The van der Waals surface area contributed by atoms with Crippen LogP contribution in [0.25, 0.3) is 0 Å². The van der Waals surface area contributed by atoms with Crippen molar-refractivity contribution in [2.45, 2.75) is 109 Å². The van der Waals surface area contributed by atoms with Crippen molar-refractivity contribution in [3.63, 3.8) is 0 Å². The van der Waals surface area contributed by atoms with Gasteiger partial charge in [-0.25, -0.2) is 0 Å². The Hall–Kier alpha value is -0.650. The molecule has 0 aliphatic heterocycles. The predicted molar refractivity (Wildman–Crippen MR) is 120 cm³/mol. The monoisotopic (exact) mass is 436 g/mol. The summed E-state index contributed by atoms with van der Waals surface area (Å²) in [6.07, 6.45) is 14.7. The number of hydrogen-bond acceptors (Lipinski definition) is 4. The molecule has 6 heteroatoms. The van der Waals surface area contributed by atoms with Gasteiger partial charge in [0.2, 0.25) is 0 Å². The van der Waals surface area contributed by atoms with Crippen molar-refractivity contribution in [3.8, 4) is 0 Å². The molecule has 0 radical (unpaired) electrons. The Labute approximate surface area is 186 Å². The number of unbranched alkanes of at least 4 members (excludes halogenated alkanes) is 12. The highest BCUT2D eigenvalue weighted by Crippen LogP contribution is 2.20. The van der Waals surface area contributed by atoms with Crippen molar-refractivity contribution >= 4 is 24.2 Å². The predicted octanol–water partition coefficient (Wildman–Crippen LogP) is 4.04. The topological polar surface area (TPSA) is 77.4 Å². The van der Waals surface area contributed by atoms with Crippen LogP contribution in [-0.2, 0) is 9.59 Å². The summed E-state index contributed by atoms with van der Waals surface area (Å²) in [5, 5.41) is 21.6. The SMILES string of the molecule is Cl.[2H]CCCCCCCCCCCCCCCC(=O)[C@@](O)(CC(=O)[O-])C[N+](C)(C)C. The lowest BCUT2D eigenvalue weighted by molar-refractivity contribution is -0.875. The van der Waals surface area contributed by atoms with Crippen LogP contribution in [0.3, 0.4) is 0 Å². The normalized spacial score (nSPS) is 14.0. The number of rotatable bonds is 19. The van der Waals surface area contributed by atoms with Gasteiger partial charge in [0.1, 0.15) is 6.54 Å². The maximum atomic E-state index is 12.4. The molecule has 0 aromatic heterocycles. The van der Waals surface area contributed by atoms with E-state index in [4.69, 9.17) is 1.37 Å². The van der Waals surface area contributed by atoms with Crippen molar-refractivity contribution in [1.29, 1.82) is 0 Å². The zero-order valence-corrected chi connectivity index (χ0v) is 19.9. The number of quaternary nitrogens is 1. The largest absolute Gasteiger partial charge is 0.550 e.